The Morgan fingerprint density at radius 1 is 1.21 bits per heavy atom. The summed E-state index contributed by atoms with van der Waals surface area (Å²) in [7, 11) is 0.214. The summed E-state index contributed by atoms with van der Waals surface area (Å²) < 4.78 is 29.3. The van der Waals surface area contributed by atoms with E-state index in [1.807, 2.05) is 25.1 Å². The first-order valence-corrected chi connectivity index (χ1v) is 15.6. The number of halogens is 1. The van der Waals surface area contributed by atoms with Crippen LogP contribution in [0.15, 0.2) is 52.9 Å². The van der Waals surface area contributed by atoms with Gasteiger partial charge in [0.25, 0.3) is 5.91 Å². The SMILES string of the molecule is COC12/C=C/C[C@H](C)C[S-](=O)=NC(=O)c3ccc4c(c3)N(CC(C1)C2)C[C@@]1(CCCc2cc(Cl)ccc21)CO4. The van der Waals surface area contributed by atoms with Crippen molar-refractivity contribution in [2.24, 2.45) is 16.2 Å². The van der Waals surface area contributed by atoms with Crippen LogP contribution in [0.4, 0.5) is 5.69 Å². The molecule has 39 heavy (non-hydrogen) atoms. The van der Waals surface area contributed by atoms with Crippen molar-refractivity contribution in [3.63, 3.8) is 0 Å². The molecule has 5 aliphatic rings. The summed E-state index contributed by atoms with van der Waals surface area (Å²) in [4.78, 5) is 15.5. The van der Waals surface area contributed by atoms with Crippen molar-refractivity contribution < 1.29 is 18.5 Å². The predicted octanol–water partition coefficient (Wildman–Crippen LogP) is 6.49. The van der Waals surface area contributed by atoms with Crippen molar-refractivity contribution in [3.05, 3.63) is 70.3 Å². The van der Waals surface area contributed by atoms with Gasteiger partial charge in [0.15, 0.2) is 0 Å². The fourth-order valence-electron chi connectivity index (χ4n) is 6.99. The quantitative estimate of drug-likeness (QED) is 0.291. The number of ether oxygens (including phenoxy) is 2. The van der Waals surface area contributed by atoms with Crippen molar-refractivity contribution in [2.75, 3.05) is 37.5 Å². The topological polar surface area (TPSA) is 68.2 Å². The maximum Gasteiger partial charge on any atom is 0.254 e. The smallest absolute Gasteiger partial charge is 0.254 e. The van der Waals surface area contributed by atoms with Gasteiger partial charge in [0, 0.05) is 36.2 Å². The first-order chi connectivity index (χ1) is 18.8. The molecule has 4 bridgehead atoms. The molecular weight excluding hydrogens is 532 g/mol. The zero-order valence-corrected chi connectivity index (χ0v) is 24.2. The second-order valence-corrected chi connectivity index (χ2v) is 13.6. The number of methoxy groups -OCH3 is 1. The van der Waals surface area contributed by atoms with Crippen molar-refractivity contribution in [2.45, 2.75) is 56.5 Å². The average molecular weight is 568 g/mol. The van der Waals surface area contributed by atoms with Crippen LogP contribution in [0.3, 0.4) is 0 Å². The Kier molecular flexibility index (Phi) is 7.27. The molecule has 1 amide bonds. The number of allylic oxidation sites excluding steroid dienone is 1. The molecule has 3 aliphatic heterocycles. The van der Waals surface area contributed by atoms with Crippen molar-refractivity contribution in [1.29, 1.82) is 0 Å². The lowest BCUT2D eigenvalue weighted by Crippen LogP contribution is -2.51. The molecule has 8 heteroatoms. The molecule has 1 saturated carbocycles. The molecule has 1 fully saturated rings. The predicted molar refractivity (Wildman–Crippen MR) is 155 cm³/mol. The molecule has 0 radical (unpaired) electrons. The van der Waals surface area contributed by atoms with Crippen LogP contribution >= 0.6 is 11.6 Å². The molecule has 1 spiro atoms. The lowest BCUT2D eigenvalue weighted by molar-refractivity contribution is -0.0642. The molecule has 0 unspecified atom stereocenters. The monoisotopic (exact) mass is 567 g/mol. The van der Waals surface area contributed by atoms with Gasteiger partial charge in [-0.1, -0.05) is 48.4 Å². The Hall–Kier alpha value is -2.35. The molecule has 3 heterocycles. The third-order valence-corrected chi connectivity index (χ3v) is 10.5. The maximum atomic E-state index is 13.1. The number of carbonyl (C=O) groups is 1. The number of hydrogen-bond donors (Lipinski definition) is 0. The number of nitrogens with zero attached hydrogens (tertiary/aromatic N) is 2. The van der Waals surface area contributed by atoms with E-state index in [0.29, 0.717) is 23.8 Å². The van der Waals surface area contributed by atoms with Crippen LogP contribution in [0.5, 0.6) is 5.75 Å². The van der Waals surface area contributed by atoms with Gasteiger partial charge in [0.2, 0.25) is 0 Å². The molecular formula is C31H36ClN2O4S-. The normalized spacial score (nSPS) is 31.9. The number of benzene rings is 2. The summed E-state index contributed by atoms with van der Waals surface area (Å²) in [5, 5.41) is 0.769. The maximum absolute atomic E-state index is 13.1. The number of amides is 1. The molecule has 6 nitrogen and oxygen atoms in total. The lowest BCUT2D eigenvalue weighted by Gasteiger charge is -2.48. The molecule has 2 aromatic rings. The third kappa shape index (κ3) is 5.25. The molecule has 208 valence electrons. The van der Waals surface area contributed by atoms with E-state index in [2.05, 4.69) is 33.5 Å². The van der Waals surface area contributed by atoms with Crippen LogP contribution < -0.4 is 9.64 Å². The fourth-order valence-corrected chi connectivity index (χ4v) is 8.17. The molecule has 0 aromatic heterocycles. The summed E-state index contributed by atoms with van der Waals surface area (Å²) >= 11 is 6.38. The highest BCUT2D eigenvalue weighted by Crippen LogP contribution is 2.47. The van der Waals surface area contributed by atoms with E-state index in [9.17, 15) is 9.00 Å². The minimum Gasteiger partial charge on any atom is -0.490 e. The minimum absolute atomic E-state index is 0.150. The fraction of sp³-hybridized carbons (Fsp3) is 0.516. The van der Waals surface area contributed by atoms with Gasteiger partial charge >= 0.3 is 0 Å². The van der Waals surface area contributed by atoms with Crippen LogP contribution in [0, 0.1) is 11.8 Å². The number of anilines is 1. The second kappa shape index (κ2) is 10.6. The highest BCUT2D eigenvalue weighted by molar-refractivity contribution is 7.75. The van der Waals surface area contributed by atoms with Gasteiger partial charge in [-0.05, 0) is 85.9 Å². The highest BCUT2D eigenvalue weighted by atomic mass is 35.5. The molecule has 0 saturated heterocycles. The Bertz CT molecular complexity index is 1390. The van der Waals surface area contributed by atoms with Crippen LogP contribution in [-0.2, 0) is 31.4 Å². The average Bonchev–Trinajstić information content (AvgIpc) is 3.03. The van der Waals surface area contributed by atoms with Crippen molar-refractivity contribution in [1.82, 2.24) is 0 Å². The number of carbonyl (C=O) groups excluding carboxylic acids is 1. The Morgan fingerprint density at radius 2 is 2.05 bits per heavy atom. The van der Waals surface area contributed by atoms with E-state index in [-0.39, 0.29) is 16.9 Å². The van der Waals surface area contributed by atoms with Gasteiger partial charge in [0.1, 0.15) is 5.75 Å². The van der Waals surface area contributed by atoms with Crippen LogP contribution in [0.1, 0.15) is 60.5 Å². The van der Waals surface area contributed by atoms with Gasteiger partial charge in [-0.2, -0.15) is 10.6 Å². The first-order valence-electron chi connectivity index (χ1n) is 14.0. The van der Waals surface area contributed by atoms with Crippen molar-refractivity contribution in [3.8, 4) is 5.75 Å². The molecule has 0 N–H and O–H groups in total. The van der Waals surface area contributed by atoms with E-state index in [0.717, 1.165) is 68.1 Å². The summed E-state index contributed by atoms with van der Waals surface area (Å²) in [6, 6.07) is 11.8. The largest absolute Gasteiger partial charge is 0.490 e. The molecule has 2 aromatic carbocycles. The molecule has 2 aliphatic carbocycles. The zero-order valence-electron chi connectivity index (χ0n) is 22.7. The van der Waals surface area contributed by atoms with Gasteiger partial charge in [-0.25, -0.2) is 0 Å². The van der Waals surface area contributed by atoms with E-state index >= 15 is 0 Å². The van der Waals surface area contributed by atoms with Gasteiger partial charge in [-0.3, -0.25) is 4.79 Å². The Morgan fingerprint density at radius 3 is 2.87 bits per heavy atom. The van der Waals surface area contributed by atoms with E-state index < -0.39 is 16.5 Å². The Labute approximate surface area is 237 Å². The van der Waals surface area contributed by atoms with E-state index in [1.54, 1.807) is 13.2 Å². The minimum atomic E-state index is -1.58. The van der Waals surface area contributed by atoms with Crippen LogP contribution in [0.2, 0.25) is 5.02 Å². The van der Waals surface area contributed by atoms with E-state index in [4.69, 9.17) is 21.1 Å². The van der Waals surface area contributed by atoms with Gasteiger partial charge in [0.05, 0.1) is 17.9 Å². The third-order valence-electron chi connectivity index (χ3n) is 9.01. The van der Waals surface area contributed by atoms with Crippen LogP contribution in [0.25, 0.3) is 0 Å². The standard InChI is InChI=1S/C31H36ClN2O4S/c1-21-5-3-12-31(37-2)15-22(16-31)17-34-19-30(11-4-6-23-13-25(32)8-9-26(23)30)20-38-28-10-7-24(14-27(28)34)29(35)33-39(36)18-21/h3,7-10,12-14,21-22H,4-6,11,15-20H2,1-2H3/q-1/b12-3+/t21-,22?,30-,31?/m0/s1. The summed E-state index contributed by atoms with van der Waals surface area (Å²) in [5.41, 5.74) is 3.55. The van der Waals surface area contributed by atoms with Gasteiger partial charge in [-0.15, -0.1) is 0 Å². The number of aryl methyl sites for hydroxylation is 1. The van der Waals surface area contributed by atoms with Crippen LogP contribution in [-0.4, -0.2) is 44.1 Å². The Balaban J connectivity index is 1.41. The first kappa shape index (κ1) is 26.9. The highest BCUT2D eigenvalue weighted by Gasteiger charge is 2.46. The summed E-state index contributed by atoms with van der Waals surface area (Å²) in [5.74, 6) is 1.29. The van der Waals surface area contributed by atoms with E-state index in [1.165, 1.54) is 11.1 Å². The summed E-state index contributed by atoms with van der Waals surface area (Å²) in [6.45, 7) is 4.25. The zero-order chi connectivity index (χ0) is 27.2. The van der Waals surface area contributed by atoms with Gasteiger partial charge < -0.3 is 22.9 Å². The summed E-state index contributed by atoms with van der Waals surface area (Å²) in [6.07, 6.45) is 10.1. The second-order valence-electron chi connectivity index (χ2n) is 12.0. The lowest BCUT2D eigenvalue weighted by atomic mass is 9.68. The number of rotatable bonds is 1. The number of hydrogen-bond acceptors (Lipinski definition) is 6. The number of fused-ring (bicyclic) bond motifs is 7. The van der Waals surface area contributed by atoms with Crippen molar-refractivity contribution >= 4 is 33.8 Å². The molecule has 2 atom stereocenters. The molecule has 7 rings (SSSR count).